The van der Waals surface area contributed by atoms with Crippen molar-refractivity contribution >= 4 is 52.1 Å². The first-order valence-corrected chi connectivity index (χ1v) is 10.6. The highest BCUT2D eigenvalue weighted by Crippen LogP contribution is 2.30. The normalized spacial score (nSPS) is 13.8. The van der Waals surface area contributed by atoms with Gasteiger partial charge in [-0.3, -0.25) is 4.99 Å². The number of guanidine groups is 1. The summed E-state index contributed by atoms with van der Waals surface area (Å²) >= 11 is 1.74. The average molecular weight is 531 g/mol. The van der Waals surface area contributed by atoms with E-state index in [2.05, 4.69) is 25.9 Å². The van der Waals surface area contributed by atoms with Crippen molar-refractivity contribution in [2.24, 2.45) is 4.99 Å². The van der Waals surface area contributed by atoms with Crippen LogP contribution in [0.1, 0.15) is 25.5 Å². The molecule has 1 aliphatic rings. The van der Waals surface area contributed by atoms with Gasteiger partial charge in [0.15, 0.2) is 22.6 Å². The summed E-state index contributed by atoms with van der Waals surface area (Å²) in [7, 11) is 3.40. The number of hydrogen-bond donors (Lipinski definition) is 2. The van der Waals surface area contributed by atoms with E-state index in [4.69, 9.17) is 14.5 Å². The molecule has 1 saturated heterocycles. The monoisotopic (exact) mass is 531 g/mol. The minimum atomic E-state index is 0. The number of hydrogen-bond acceptors (Lipinski definition) is 6. The van der Waals surface area contributed by atoms with Gasteiger partial charge < -0.3 is 25.0 Å². The van der Waals surface area contributed by atoms with Gasteiger partial charge in [-0.25, -0.2) is 4.98 Å². The predicted molar refractivity (Wildman–Crippen MR) is 132 cm³/mol. The molecule has 0 radical (unpaired) electrons. The Kier molecular flexibility index (Phi) is 9.79. The van der Waals surface area contributed by atoms with Crippen LogP contribution in [0.3, 0.4) is 0 Å². The first kappa shape index (κ1) is 23.5. The lowest BCUT2D eigenvalue weighted by molar-refractivity contribution is 0.311. The summed E-state index contributed by atoms with van der Waals surface area (Å²) in [5.41, 5.74) is 2.01. The van der Waals surface area contributed by atoms with Gasteiger partial charge in [0.25, 0.3) is 0 Å². The van der Waals surface area contributed by atoms with Gasteiger partial charge in [-0.2, -0.15) is 0 Å². The zero-order valence-corrected chi connectivity index (χ0v) is 20.4. The fraction of sp³-hybridized carbons (Fsp3) is 0.500. The van der Waals surface area contributed by atoms with E-state index in [9.17, 15) is 0 Å². The molecule has 0 amide bonds. The molecule has 0 unspecified atom stereocenters. The van der Waals surface area contributed by atoms with Crippen LogP contribution in [0.2, 0.25) is 0 Å². The number of aromatic nitrogens is 1. The number of anilines is 2. The number of ether oxygens (including phenoxy) is 2. The van der Waals surface area contributed by atoms with Gasteiger partial charge in [-0.15, -0.1) is 35.3 Å². The summed E-state index contributed by atoms with van der Waals surface area (Å²) in [5, 5.41) is 9.93. The Morgan fingerprint density at radius 2 is 2.07 bits per heavy atom. The first-order chi connectivity index (χ1) is 13.7. The van der Waals surface area contributed by atoms with E-state index >= 15 is 0 Å². The highest BCUT2D eigenvalue weighted by atomic mass is 127. The Labute approximate surface area is 193 Å². The largest absolute Gasteiger partial charge is 0.493 e. The summed E-state index contributed by atoms with van der Waals surface area (Å²) in [4.78, 5) is 11.4. The van der Waals surface area contributed by atoms with Crippen LogP contribution in [0.5, 0.6) is 11.5 Å². The second kappa shape index (κ2) is 12.1. The quantitative estimate of drug-likeness (QED) is 0.305. The molecule has 1 aliphatic heterocycles. The van der Waals surface area contributed by atoms with Gasteiger partial charge in [0.05, 0.1) is 19.4 Å². The number of aliphatic imine (C=N–C) groups is 1. The lowest BCUT2D eigenvalue weighted by Gasteiger charge is -2.14. The first-order valence-electron chi connectivity index (χ1n) is 9.71. The maximum atomic E-state index is 5.56. The number of thiazole rings is 1. The van der Waals surface area contributed by atoms with Crippen LogP contribution in [-0.4, -0.2) is 51.3 Å². The molecule has 29 heavy (non-hydrogen) atoms. The minimum absolute atomic E-state index is 0. The summed E-state index contributed by atoms with van der Waals surface area (Å²) in [5.74, 6) is 2.14. The second-order valence-corrected chi connectivity index (χ2v) is 7.32. The van der Waals surface area contributed by atoms with Crippen LogP contribution in [-0.2, 0) is 6.42 Å². The Balaban J connectivity index is 0.00000300. The Hall–Kier alpha value is -1.75. The van der Waals surface area contributed by atoms with Crippen molar-refractivity contribution in [3.63, 3.8) is 0 Å². The Morgan fingerprint density at radius 1 is 1.28 bits per heavy atom. The van der Waals surface area contributed by atoms with E-state index in [1.54, 1.807) is 25.5 Å². The van der Waals surface area contributed by atoms with Crippen LogP contribution in [0.25, 0.3) is 0 Å². The molecule has 2 aromatic rings. The summed E-state index contributed by atoms with van der Waals surface area (Å²) in [6.07, 6.45) is 3.40. The van der Waals surface area contributed by atoms with Crippen LogP contribution < -0.4 is 25.0 Å². The molecule has 9 heteroatoms. The number of nitrogens with one attached hydrogen (secondary N) is 2. The third kappa shape index (κ3) is 6.63. The maximum absolute atomic E-state index is 5.56. The van der Waals surface area contributed by atoms with Crippen LogP contribution in [0.15, 0.2) is 28.6 Å². The SMILES string of the molecule is CCOc1ccc(NC(=NC)NCCc2csc(N3CCCC3)n2)cc1OC.I. The summed E-state index contributed by atoms with van der Waals surface area (Å²) in [6, 6.07) is 5.75. The van der Waals surface area contributed by atoms with Crippen molar-refractivity contribution in [2.45, 2.75) is 26.2 Å². The smallest absolute Gasteiger partial charge is 0.195 e. The molecule has 1 aromatic carbocycles. The van der Waals surface area contributed by atoms with Crippen LogP contribution in [0.4, 0.5) is 10.8 Å². The predicted octanol–water partition coefficient (Wildman–Crippen LogP) is 4.00. The fourth-order valence-corrected chi connectivity index (χ4v) is 4.02. The molecule has 0 spiro atoms. The maximum Gasteiger partial charge on any atom is 0.195 e. The number of nitrogens with zero attached hydrogens (tertiary/aromatic N) is 3. The Bertz CT molecular complexity index is 793. The lowest BCUT2D eigenvalue weighted by atomic mass is 10.2. The van der Waals surface area contributed by atoms with Crippen molar-refractivity contribution in [2.75, 3.05) is 50.6 Å². The van der Waals surface area contributed by atoms with E-state index in [-0.39, 0.29) is 24.0 Å². The number of rotatable bonds is 8. The number of methoxy groups -OCH3 is 1. The molecule has 0 atom stereocenters. The summed E-state index contributed by atoms with van der Waals surface area (Å²) < 4.78 is 11.0. The molecule has 2 N–H and O–H groups in total. The fourth-order valence-electron chi connectivity index (χ4n) is 3.11. The number of benzene rings is 1. The van der Waals surface area contributed by atoms with E-state index in [0.717, 1.165) is 48.3 Å². The van der Waals surface area contributed by atoms with Gasteiger partial charge in [0, 0.05) is 50.2 Å². The zero-order valence-electron chi connectivity index (χ0n) is 17.2. The third-order valence-electron chi connectivity index (χ3n) is 4.54. The van der Waals surface area contributed by atoms with Crippen molar-refractivity contribution in [3.8, 4) is 11.5 Å². The molecule has 3 rings (SSSR count). The molecule has 7 nitrogen and oxygen atoms in total. The van der Waals surface area contributed by atoms with Gasteiger partial charge in [-0.1, -0.05) is 0 Å². The van der Waals surface area contributed by atoms with Crippen LogP contribution in [0, 0.1) is 0 Å². The van der Waals surface area contributed by atoms with Crippen molar-refractivity contribution in [3.05, 3.63) is 29.3 Å². The molecular formula is C20H30IN5O2S. The molecule has 0 bridgehead atoms. The molecule has 2 heterocycles. The van der Waals surface area contributed by atoms with Gasteiger partial charge in [0.2, 0.25) is 0 Å². The van der Waals surface area contributed by atoms with Crippen molar-refractivity contribution < 1.29 is 9.47 Å². The van der Waals surface area contributed by atoms with E-state index in [1.807, 2.05) is 25.1 Å². The van der Waals surface area contributed by atoms with Gasteiger partial charge in [0.1, 0.15) is 0 Å². The van der Waals surface area contributed by atoms with E-state index < -0.39 is 0 Å². The highest BCUT2D eigenvalue weighted by molar-refractivity contribution is 14.0. The van der Waals surface area contributed by atoms with E-state index in [0.29, 0.717) is 18.3 Å². The molecule has 1 fully saturated rings. The topological polar surface area (TPSA) is 71.0 Å². The van der Waals surface area contributed by atoms with Crippen molar-refractivity contribution in [1.82, 2.24) is 10.3 Å². The molecule has 0 saturated carbocycles. The Morgan fingerprint density at radius 3 is 2.76 bits per heavy atom. The molecule has 1 aromatic heterocycles. The minimum Gasteiger partial charge on any atom is -0.493 e. The molecule has 160 valence electrons. The molecular weight excluding hydrogens is 501 g/mol. The average Bonchev–Trinajstić information content (AvgIpc) is 3.40. The lowest BCUT2D eigenvalue weighted by Crippen LogP contribution is -2.32. The zero-order chi connectivity index (χ0) is 19.8. The standard InChI is InChI=1S/C20H29N5O2S.HI/c1-4-27-17-8-7-15(13-18(17)26-3)23-19(21-2)22-10-9-16-14-28-20(24-16)25-11-5-6-12-25;/h7-8,13-14H,4-6,9-12H2,1-3H3,(H2,21,22,23);1H. The van der Waals surface area contributed by atoms with Gasteiger partial charge in [-0.05, 0) is 31.9 Å². The van der Waals surface area contributed by atoms with Crippen LogP contribution >= 0.6 is 35.3 Å². The second-order valence-electron chi connectivity index (χ2n) is 6.49. The number of halogens is 1. The summed E-state index contributed by atoms with van der Waals surface area (Å²) in [6.45, 7) is 5.58. The van der Waals surface area contributed by atoms with Gasteiger partial charge >= 0.3 is 0 Å². The highest BCUT2D eigenvalue weighted by Gasteiger charge is 2.15. The third-order valence-corrected chi connectivity index (χ3v) is 5.49. The molecule has 0 aliphatic carbocycles. The van der Waals surface area contributed by atoms with E-state index in [1.165, 1.54) is 12.8 Å². The van der Waals surface area contributed by atoms with Crippen molar-refractivity contribution in [1.29, 1.82) is 0 Å².